The molecule has 1 unspecified atom stereocenters. The number of amides is 1. The molecule has 3 aromatic carbocycles. The number of rotatable bonds is 5. The summed E-state index contributed by atoms with van der Waals surface area (Å²) in [5.41, 5.74) is 3.58. The average molecular weight is 445 g/mol. The molecule has 1 saturated heterocycles. The van der Waals surface area contributed by atoms with Crippen molar-refractivity contribution in [3.05, 3.63) is 106 Å². The molecule has 1 aliphatic rings. The van der Waals surface area contributed by atoms with Crippen LogP contribution in [0.5, 0.6) is 5.75 Å². The molecule has 168 valence electrons. The summed E-state index contributed by atoms with van der Waals surface area (Å²) >= 11 is 0. The van der Waals surface area contributed by atoms with Crippen molar-refractivity contribution in [2.45, 2.75) is 26.4 Å². The van der Waals surface area contributed by atoms with Gasteiger partial charge in [0, 0.05) is 12.1 Å². The largest absolute Gasteiger partial charge is 0.507 e. The Morgan fingerprint density at radius 3 is 2.39 bits per heavy atom. The number of benzene rings is 3. The monoisotopic (exact) mass is 445 g/mol. The maximum Gasteiger partial charge on any atom is 0.295 e. The zero-order valence-electron chi connectivity index (χ0n) is 18.6. The van der Waals surface area contributed by atoms with Crippen LogP contribution in [-0.4, -0.2) is 28.8 Å². The van der Waals surface area contributed by atoms with Crippen molar-refractivity contribution >= 4 is 17.4 Å². The standard InChI is InChI=1S/C27H24FNO4/c1-16-5-4-6-19(13-16)24-23(25(30)20-9-12-22(33-3)17(2)14-20)26(31)27(32)29(24)15-18-7-10-21(28)11-8-18/h4-14,24,30H,15H2,1-3H3/b25-23-. The summed E-state index contributed by atoms with van der Waals surface area (Å²) in [6, 6.07) is 17.6. The molecule has 0 radical (unpaired) electrons. The Morgan fingerprint density at radius 2 is 1.76 bits per heavy atom. The molecule has 1 heterocycles. The first-order chi connectivity index (χ1) is 15.8. The van der Waals surface area contributed by atoms with E-state index in [0.29, 0.717) is 22.4 Å². The van der Waals surface area contributed by atoms with Gasteiger partial charge in [0.1, 0.15) is 17.3 Å². The topological polar surface area (TPSA) is 66.8 Å². The van der Waals surface area contributed by atoms with Crippen molar-refractivity contribution in [2.24, 2.45) is 0 Å². The minimum Gasteiger partial charge on any atom is -0.507 e. The number of hydrogen-bond acceptors (Lipinski definition) is 4. The van der Waals surface area contributed by atoms with Gasteiger partial charge in [-0.15, -0.1) is 0 Å². The van der Waals surface area contributed by atoms with E-state index in [1.165, 1.54) is 17.0 Å². The van der Waals surface area contributed by atoms with Gasteiger partial charge < -0.3 is 14.7 Å². The molecule has 33 heavy (non-hydrogen) atoms. The van der Waals surface area contributed by atoms with Crippen molar-refractivity contribution in [2.75, 3.05) is 7.11 Å². The molecule has 1 aliphatic heterocycles. The fraction of sp³-hybridized carbons (Fsp3) is 0.185. The lowest BCUT2D eigenvalue weighted by Gasteiger charge is -2.26. The van der Waals surface area contributed by atoms with E-state index in [1.54, 1.807) is 37.4 Å². The number of methoxy groups -OCH3 is 1. The van der Waals surface area contributed by atoms with Crippen molar-refractivity contribution in [3.8, 4) is 5.75 Å². The summed E-state index contributed by atoms with van der Waals surface area (Å²) in [5, 5.41) is 11.2. The van der Waals surface area contributed by atoms with Crippen LogP contribution in [0.1, 0.15) is 33.9 Å². The molecule has 5 nitrogen and oxygen atoms in total. The van der Waals surface area contributed by atoms with Gasteiger partial charge in [-0.3, -0.25) is 9.59 Å². The Hall–Kier alpha value is -3.93. The van der Waals surface area contributed by atoms with Crippen LogP contribution in [0.3, 0.4) is 0 Å². The van der Waals surface area contributed by atoms with Crippen LogP contribution < -0.4 is 4.74 Å². The minimum atomic E-state index is -0.780. The first-order valence-electron chi connectivity index (χ1n) is 10.5. The zero-order valence-corrected chi connectivity index (χ0v) is 18.6. The third-order valence-corrected chi connectivity index (χ3v) is 5.83. The second-order valence-corrected chi connectivity index (χ2v) is 8.15. The Balaban J connectivity index is 1.86. The summed E-state index contributed by atoms with van der Waals surface area (Å²) in [5.74, 6) is -1.44. The number of aliphatic hydroxyl groups excluding tert-OH is 1. The Kier molecular flexibility index (Phi) is 6.01. The van der Waals surface area contributed by atoms with E-state index in [0.717, 1.165) is 11.1 Å². The number of hydrogen-bond donors (Lipinski definition) is 1. The Morgan fingerprint density at radius 1 is 1.03 bits per heavy atom. The van der Waals surface area contributed by atoms with E-state index < -0.39 is 17.7 Å². The number of aliphatic hydroxyl groups is 1. The highest BCUT2D eigenvalue weighted by Crippen LogP contribution is 2.40. The molecule has 0 aromatic heterocycles. The van der Waals surface area contributed by atoms with Gasteiger partial charge in [0.2, 0.25) is 0 Å². The molecule has 1 atom stereocenters. The average Bonchev–Trinajstić information content (AvgIpc) is 3.05. The van der Waals surface area contributed by atoms with Gasteiger partial charge in [-0.05, 0) is 60.9 Å². The van der Waals surface area contributed by atoms with Crippen LogP contribution in [0.2, 0.25) is 0 Å². The molecule has 6 heteroatoms. The van der Waals surface area contributed by atoms with Gasteiger partial charge in [-0.2, -0.15) is 0 Å². The molecule has 0 bridgehead atoms. The fourth-order valence-electron chi connectivity index (χ4n) is 4.20. The quantitative estimate of drug-likeness (QED) is 0.338. The highest BCUT2D eigenvalue weighted by Gasteiger charge is 2.46. The van der Waals surface area contributed by atoms with Gasteiger partial charge in [-0.25, -0.2) is 4.39 Å². The molecular formula is C27H24FNO4. The van der Waals surface area contributed by atoms with Crippen LogP contribution in [0.4, 0.5) is 4.39 Å². The van der Waals surface area contributed by atoms with Crippen LogP contribution in [0, 0.1) is 19.7 Å². The number of halogens is 1. The summed E-state index contributed by atoms with van der Waals surface area (Å²) in [6.07, 6.45) is 0. The predicted molar refractivity (Wildman–Crippen MR) is 123 cm³/mol. The van der Waals surface area contributed by atoms with E-state index in [9.17, 15) is 19.1 Å². The smallest absolute Gasteiger partial charge is 0.295 e. The number of carbonyl (C=O) groups excluding carboxylic acids is 2. The van der Waals surface area contributed by atoms with Gasteiger partial charge >= 0.3 is 0 Å². The number of Topliss-reactive ketones (excluding diaryl/α,β-unsaturated/α-hetero) is 1. The van der Waals surface area contributed by atoms with Gasteiger partial charge in [-0.1, -0.05) is 42.0 Å². The Bertz CT molecular complexity index is 1260. The molecule has 0 aliphatic carbocycles. The predicted octanol–water partition coefficient (Wildman–Crippen LogP) is 5.07. The third-order valence-electron chi connectivity index (χ3n) is 5.83. The van der Waals surface area contributed by atoms with Gasteiger partial charge in [0.15, 0.2) is 0 Å². The second kappa shape index (κ2) is 8.90. The van der Waals surface area contributed by atoms with Crippen LogP contribution in [0.25, 0.3) is 5.76 Å². The zero-order chi connectivity index (χ0) is 23.7. The summed E-state index contributed by atoms with van der Waals surface area (Å²) < 4.78 is 18.7. The van der Waals surface area contributed by atoms with Crippen molar-refractivity contribution in [3.63, 3.8) is 0 Å². The van der Waals surface area contributed by atoms with E-state index in [1.807, 2.05) is 38.1 Å². The second-order valence-electron chi connectivity index (χ2n) is 8.15. The molecule has 1 fully saturated rings. The van der Waals surface area contributed by atoms with E-state index >= 15 is 0 Å². The lowest BCUT2D eigenvalue weighted by Crippen LogP contribution is -2.29. The number of carbonyl (C=O) groups is 2. The first kappa shape index (κ1) is 22.3. The summed E-state index contributed by atoms with van der Waals surface area (Å²) in [4.78, 5) is 27.7. The lowest BCUT2D eigenvalue weighted by molar-refractivity contribution is -0.140. The molecule has 1 amide bonds. The van der Waals surface area contributed by atoms with Gasteiger partial charge in [0.05, 0.1) is 18.7 Å². The molecule has 1 N–H and O–H groups in total. The number of ether oxygens (including phenoxy) is 1. The summed E-state index contributed by atoms with van der Waals surface area (Å²) in [7, 11) is 1.56. The highest BCUT2D eigenvalue weighted by molar-refractivity contribution is 6.46. The summed E-state index contributed by atoms with van der Waals surface area (Å²) in [6.45, 7) is 3.85. The number of ketones is 1. The highest BCUT2D eigenvalue weighted by atomic mass is 19.1. The molecule has 0 spiro atoms. The van der Waals surface area contributed by atoms with Crippen molar-refractivity contribution in [1.82, 2.24) is 4.90 Å². The molecule has 0 saturated carbocycles. The minimum absolute atomic E-state index is 0.0253. The number of likely N-dealkylation sites (tertiary alicyclic amines) is 1. The first-order valence-corrected chi connectivity index (χ1v) is 10.5. The number of aryl methyl sites for hydroxylation is 2. The van der Waals surface area contributed by atoms with E-state index in [2.05, 4.69) is 0 Å². The SMILES string of the molecule is COc1ccc(/C(O)=C2/C(=O)C(=O)N(Cc3ccc(F)cc3)C2c2cccc(C)c2)cc1C. The number of nitrogens with zero attached hydrogens (tertiary/aromatic N) is 1. The molecular weight excluding hydrogens is 421 g/mol. The van der Waals surface area contributed by atoms with Crippen LogP contribution in [0.15, 0.2) is 72.3 Å². The van der Waals surface area contributed by atoms with Crippen LogP contribution >= 0.6 is 0 Å². The van der Waals surface area contributed by atoms with Crippen LogP contribution in [-0.2, 0) is 16.1 Å². The van der Waals surface area contributed by atoms with E-state index in [-0.39, 0.29) is 23.7 Å². The maximum absolute atomic E-state index is 13.4. The van der Waals surface area contributed by atoms with Gasteiger partial charge in [0.25, 0.3) is 11.7 Å². The normalized spacial score (nSPS) is 17.5. The fourth-order valence-corrected chi connectivity index (χ4v) is 4.20. The lowest BCUT2D eigenvalue weighted by atomic mass is 9.94. The third kappa shape index (κ3) is 4.24. The molecule has 3 aromatic rings. The Labute approximate surface area is 191 Å². The van der Waals surface area contributed by atoms with Crippen molar-refractivity contribution < 1.29 is 23.8 Å². The van der Waals surface area contributed by atoms with Crippen molar-refractivity contribution in [1.29, 1.82) is 0 Å². The maximum atomic E-state index is 13.4. The molecule has 4 rings (SSSR count). The van der Waals surface area contributed by atoms with E-state index in [4.69, 9.17) is 4.74 Å².